The quantitative estimate of drug-likeness (QED) is 0.831. The van der Waals surface area contributed by atoms with E-state index < -0.39 is 0 Å². The van der Waals surface area contributed by atoms with Gasteiger partial charge in [-0.05, 0) is 25.8 Å². The van der Waals surface area contributed by atoms with Gasteiger partial charge in [0.05, 0.1) is 10.5 Å². The third-order valence-corrected chi connectivity index (χ3v) is 4.76. The highest BCUT2D eigenvalue weighted by Crippen LogP contribution is 2.43. The van der Waals surface area contributed by atoms with Crippen LogP contribution in [0, 0.1) is 6.92 Å². The first kappa shape index (κ1) is 12.1. The van der Waals surface area contributed by atoms with Gasteiger partial charge < -0.3 is 10.3 Å². The Kier molecular flexibility index (Phi) is 2.68. The largest absolute Gasteiger partial charge is 0.346 e. The summed E-state index contributed by atoms with van der Waals surface area (Å²) in [6.45, 7) is 2.15. The second-order valence-corrected chi connectivity index (χ2v) is 5.93. The summed E-state index contributed by atoms with van der Waals surface area (Å²) in [5.74, 6) is 0. The van der Waals surface area contributed by atoms with Crippen LogP contribution in [0.15, 0.2) is 18.2 Å². The van der Waals surface area contributed by atoms with Crippen LogP contribution in [-0.4, -0.2) is 4.57 Å². The van der Waals surface area contributed by atoms with E-state index in [9.17, 15) is 0 Å². The van der Waals surface area contributed by atoms with E-state index >= 15 is 0 Å². The smallest absolute Gasteiger partial charge is 0.0672 e. The first-order chi connectivity index (χ1) is 8.54. The monoisotopic (exact) mass is 262 g/mol. The molecule has 0 atom stereocenters. The van der Waals surface area contributed by atoms with E-state index in [1.807, 2.05) is 12.1 Å². The molecule has 1 aliphatic carbocycles. The fourth-order valence-corrected chi connectivity index (χ4v) is 3.77. The molecule has 2 N–H and O–H groups in total. The molecule has 0 radical (unpaired) electrons. The van der Waals surface area contributed by atoms with Crippen molar-refractivity contribution in [1.82, 2.24) is 4.57 Å². The van der Waals surface area contributed by atoms with Crippen LogP contribution in [0.4, 0.5) is 0 Å². The first-order valence-corrected chi connectivity index (χ1v) is 6.95. The highest BCUT2D eigenvalue weighted by Gasteiger charge is 2.35. The van der Waals surface area contributed by atoms with Gasteiger partial charge in [-0.1, -0.05) is 36.6 Å². The lowest BCUT2D eigenvalue weighted by molar-refractivity contribution is 0.461. The SMILES string of the molecule is Cc1c(C2(N)CCCC2)c2cccc(Cl)c2n1C. The van der Waals surface area contributed by atoms with E-state index in [4.69, 9.17) is 17.3 Å². The molecule has 2 nitrogen and oxygen atoms in total. The Morgan fingerprint density at radius 1 is 1.28 bits per heavy atom. The van der Waals surface area contributed by atoms with Crippen LogP contribution in [0.5, 0.6) is 0 Å². The Bertz CT molecular complexity index is 606. The van der Waals surface area contributed by atoms with Crippen molar-refractivity contribution in [3.05, 3.63) is 34.5 Å². The van der Waals surface area contributed by atoms with Gasteiger partial charge in [0.2, 0.25) is 0 Å². The summed E-state index contributed by atoms with van der Waals surface area (Å²) >= 11 is 6.34. The molecule has 1 aliphatic rings. The fourth-order valence-electron chi connectivity index (χ4n) is 3.47. The molecule has 1 fully saturated rings. The Labute approximate surface area is 113 Å². The van der Waals surface area contributed by atoms with Gasteiger partial charge in [0.15, 0.2) is 0 Å². The molecule has 0 amide bonds. The van der Waals surface area contributed by atoms with E-state index in [-0.39, 0.29) is 5.54 Å². The molecular weight excluding hydrogens is 244 g/mol. The lowest BCUT2D eigenvalue weighted by Crippen LogP contribution is -2.33. The van der Waals surface area contributed by atoms with Crippen molar-refractivity contribution in [3.63, 3.8) is 0 Å². The summed E-state index contributed by atoms with van der Waals surface area (Å²) in [4.78, 5) is 0. The maximum atomic E-state index is 6.65. The fraction of sp³-hybridized carbons (Fsp3) is 0.467. The number of para-hydroxylation sites is 1. The summed E-state index contributed by atoms with van der Waals surface area (Å²) in [7, 11) is 2.07. The van der Waals surface area contributed by atoms with Crippen LogP contribution in [0.3, 0.4) is 0 Å². The van der Waals surface area contributed by atoms with Crippen LogP contribution >= 0.6 is 11.6 Å². The molecule has 2 aromatic rings. The van der Waals surface area contributed by atoms with Crippen molar-refractivity contribution in [3.8, 4) is 0 Å². The number of hydrogen-bond donors (Lipinski definition) is 1. The molecule has 0 bridgehead atoms. The lowest BCUT2D eigenvalue weighted by Gasteiger charge is -2.24. The molecule has 3 heteroatoms. The predicted molar refractivity (Wildman–Crippen MR) is 77.0 cm³/mol. The zero-order valence-corrected chi connectivity index (χ0v) is 11.7. The minimum atomic E-state index is -0.158. The Morgan fingerprint density at radius 2 is 1.94 bits per heavy atom. The Balaban J connectivity index is 2.36. The van der Waals surface area contributed by atoms with Crippen molar-refractivity contribution >= 4 is 22.5 Å². The molecule has 0 spiro atoms. The highest BCUT2D eigenvalue weighted by molar-refractivity contribution is 6.35. The van der Waals surface area contributed by atoms with E-state index in [2.05, 4.69) is 24.6 Å². The molecular formula is C15H19ClN2. The number of aromatic nitrogens is 1. The first-order valence-electron chi connectivity index (χ1n) is 6.57. The number of aryl methyl sites for hydroxylation is 1. The van der Waals surface area contributed by atoms with Gasteiger partial charge in [-0.3, -0.25) is 0 Å². The zero-order valence-electron chi connectivity index (χ0n) is 11.0. The molecule has 0 saturated heterocycles. The third kappa shape index (κ3) is 1.52. The molecule has 3 rings (SSSR count). The summed E-state index contributed by atoms with van der Waals surface area (Å²) in [5, 5.41) is 2.04. The van der Waals surface area contributed by atoms with Crippen LogP contribution < -0.4 is 5.73 Å². The molecule has 0 unspecified atom stereocenters. The van der Waals surface area contributed by atoms with Crippen LogP contribution in [-0.2, 0) is 12.6 Å². The maximum Gasteiger partial charge on any atom is 0.0672 e. The van der Waals surface area contributed by atoms with Gasteiger partial charge in [-0.2, -0.15) is 0 Å². The number of fused-ring (bicyclic) bond motifs is 1. The molecule has 1 saturated carbocycles. The second-order valence-electron chi connectivity index (χ2n) is 5.52. The summed E-state index contributed by atoms with van der Waals surface area (Å²) in [6, 6.07) is 6.12. The topological polar surface area (TPSA) is 30.9 Å². The minimum Gasteiger partial charge on any atom is -0.346 e. The highest BCUT2D eigenvalue weighted by atomic mass is 35.5. The molecule has 1 heterocycles. The van der Waals surface area contributed by atoms with Crippen molar-refractivity contribution < 1.29 is 0 Å². The van der Waals surface area contributed by atoms with Crippen molar-refractivity contribution in [1.29, 1.82) is 0 Å². The second kappa shape index (κ2) is 4.01. The molecule has 0 aliphatic heterocycles. The Morgan fingerprint density at radius 3 is 2.61 bits per heavy atom. The van der Waals surface area contributed by atoms with Gasteiger partial charge in [-0.25, -0.2) is 0 Å². The van der Waals surface area contributed by atoms with Gasteiger partial charge in [0.1, 0.15) is 0 Å². The summed E-state index contributed by atoms with van der Waals surface area (Å²) in [6.07, 6.45) is 4.62. The van der Waals surface area contributed by atoms with Crippen LogP contribution in [0.1, 0.15) is 36.9 Å². The van der Waals surface area contributed by atoms with Gasteiger partial charge in [-0.15, -0.1) is 0 Å². The molecule has 1 aromatic carbocycles. The van der Waals surface area contributed by atoms with E-state index in [0.29, 0.717) is 0 Å². The van der Waals surface area contributed by atoms with Gasteiger partial charge in [0.25, 0.3) is 0 Å². The van der Waals surface area contributed by atoms with E-state index in [1.54, 1.807) is 0 Å². The Hall–Kier alpha value is -0.990. The van der Waals surface area contributed by atoms with Crippen LogP contribution in [0.25, 0.3) is 10.9 Å². The van der Waals surface area contributed by atoms with Crippen molar-refractivity contribution in [2.75, 3.05) is 0 Å². The summed E-state index contributed by atoms with van der Waals surface area (Å²) in [5.41, 5.74) is 10.2. The summed E-state index contributed by atoms with van der Waals surface area (Å²) < 4.78 is 2.18. The standard InChI is InChI=1S/C15H19ClN2/c1-10-13(15(17)8-3-4-9-15)11-6-5-7-12(16)14(11)18(10)2/h5-7H,3-4,8-9,17H2,1-2H3. The molecule has 1 aromatic heterocycles. The average molecular weight is 263 g/mol. The van der Waals surface area contributed by atoms with Crippen molar-refractivity contribution in [2.45, 2.75) is 38.1 Å². The average Bonchev–Trinajstić information content (AvgIpc) is 2.85. The van der Waals surface area contributed by atoms with E-state index in [1.165, 1.54) is 29.5 Å². The lowest BCUT2D eigenvalue weighted by atomic mass is 9.87. The molecule has 18 heavy (non-hydrogen) atoms. The number of benzene rings is 1. The third-order valence-electron chi connectivity index (χ3n) is 4.45. The predicted octanol–water partition coefficient (Wildman–Crippen LogP) is 3.87. The molecule has 96 valence electrons. The van der Waals surface area contributed by atoms with Crippen molar-refractivity contribution in [2.24, 2.45) is 12.8 Å². The number of hydrogen-bond acceptors (Lipinski definition) is 1. The minimum absolute atomic E-state index is 0.158. The van der Waals surface area contributed by atoms with Crippen LogP contribution in [0.2, 0.25) is 5.02 Å². The zero-order chi connectivity index (χ0) is 12.9. The maximum absolute atomic E-state index is 6.65. The number of nitrogens with zero attached hydrogens (tertiary/aromatic N) is 1. The number of halogens is 1. The van der Waals surface area contributed by atoms with Gasteiger partial charge >= 0.3 is 0 Å². The normalized spacial score (nSPS) is 18.7. The van der Waals surface area contributed by atoms with Gasteiger partial charge in [0, 0.05) is 29.2 Å². The number of nitrogens with two attached hydrogens (primary N) is 1. The van der Waals surface area contributed by atoms with E-state index in [0.717, 1.165) is 23.4 Å². The number of rotatable bonds is 1.